The minimum absolute atomic E-state index is 0.0326. The number of carbonyl (C=O) groups excluding carboxylic acids is 1. The standard InChI is InChI=1S/C17H15ClFNO3S/c1-10-14(18)3-2-4-16(10)20-24(22,23)17-9-11-5-6-13(21)7-12(11)8-15(17)19/h2-4,8-9,20H,5-7H2,1H3. The number of fused-ring (bicyclic) bond motifs is 1. The van der Waals surface area contributed by atoms with Crippen LogP contribution in [0.4, 0.5) is 10.1 Å². The maximum atomic E-state index is 14.3. The normalized spacial score (nSPS) is 14.4. The number of hydrogen-bond acceptors (Lipinski definition) is 3. The lowest BCUT2D eigenvalue weighted by molar-refractivity contribution is -0.118. The van der Waals surface area contributed by atoms with Crippen LogP contribution in [0.25, 0.3) is 0 Å². The fourth-order valence-electron chi connectivity index (χ4n) is 2.73. The Bertz CT molecular complexity index is 941. The van der Waals surface area contributed by atoms with Gasteiger partial charge in [0.1, 0.15) is 16.5 Å². The van der Waals surface area contributed by atoms with E-state index < -0.39 is 20.7 Å². The molecule has 24 heavy (non-hydrogen) atoms. The van der Waals surface area contributed by atoms with Crippen LogP contribution in [0.15, 0.2) is 35.2 Å². The zero-order valence-electron chi connectivity index (χ0n) is 12.9. The largest absolute Gasteiger partial charge is 0.299 e. The van der Waals surface area contributed by atoms with Gasteiger partial charge < -0.3 is 0 Å². The van der Waals surface area contributed by atoms with E-state index in [-0.39, 0.29) is 12.2 Å². The fraction of sp³-hybridized carbons (Fsp3) is 0.235. The Morgan fingerprint density at radius 2 is 1.92 bits per heavy atom. The Kier molecular flexibility index (Phi) is 4.36. The van der Waals surface area contributed by atoms with Crippen LogP contribution in [0.3, 0.4) is 0 Å². The fourth-order valence-corrected chi connectivity index (χ4v) is 4.14. The highest BCUT2D eigenvalue weighted by atomic mass is 35.5. The number of carbonyl (C=O) groups is 1. The molecule has 0 saturated heterocycles. The minimum atomic E-state index is -4.10. The molecule has 0 atom stereocenters. The Hall–Kier alpha value is -1.92. The predicted molar refractivity (Wildman–Crippen MR) is 90.4 cm³/mol. The summed E-state index contributed by atoms with van der Waals surface area (Å²) in [4.78, 5) is 11.0. The van der Waals surface area contributed by atoms with Crippen molar-refractivity contribution in [2.75, 3.05) is 4.72 Å². The zero-order valence-corrected chi connectivity index (χ0v) is 14.5. The summed E-state index contributed by atoms with van der Waals surface area (Å²) >= 11 is 5.99. The summed E-state index contributed by atoms with van der Waals surface area (Å²) in [5.74, 6) is -0.833. The van der Waals surface area contributed by atoms with E-state index >= 15 is 0 Å². The van der Waals surface area contributed by atoms with Crippen molar-refractivity contribution in [1.29, 1.82) is 0 Å². The molecule has 0 bridgehead atoms. The third-order valence-corrected chi connectivity index (χ3v) is 5.91. The number of aryl methyl sites for hydroxylation is 1. The molecule has 126 valence electrons. The molecule has 0 spiro atoms. The van der Waals surface area contributed by atoms with Crippen LogP contribution < -0.4 is 4.72 Å². The van der Waals surface area contributed by atoms with Crippen LogP contribution in [-0.2, 0) is 27.7 Å². The summed E-state index contributed by atoms with van der Waals surface area (Å²) in [6, 6.07) is 7.28. The van der Waals surface area contributed by atoms with Crippen molar-refractivity contribution in [3.63, 3.8) is 0 Å². The van der Waals surface area contributed by atoms with Crippen LogP contribution in [0, 0.1) is 12.7 Å². The van der Waals surface area contributed by atoms with Gasteiger partial charge in [-0.1, -0.05) is 17.7 Å². The molecule has 0 unspecified atom stereocenters. The number of halogens is 2. The smallest absolute Gasteiger partial charge is 0.264 e. The third kappa shape index (κ3) is 3.16. The van der Waals surface area contributed by atoms with Gasteiger partial charge in [0.15, 0.2) is 0 Å². The van der Waals surface area contributed by atoms with E-state index in [4.69, 9.17) is 11.6 Å². The first-order valence-corrected chi connectivity index (χ1v) is 9.25. The lowest BCUT2D eigenvalue weighted by Crippen LogP contribution is -2.19. The topological polar surface area (TPSA) is 63.2 Å². The lowest BCUT2D eigenvalue weighted by atomic mass is 9.91. The molecule has 1 aliphatic carbocycles. The van der Waals surface area contributed by atoms with Crippen molar-refractivity contribution in [3.8, 4) is 0 Å². The van der Waals surface area contributed by atoms with Gasteiger partial charge in [0.25, 0.3) is 10.0 Å². The second-order valence-corrected chi connectivity index (χ2v) is 7.84. The summed E-state index contributed by atoms with van der Waals surface area (Å²) < 4.78 is 41.9. The average molecular weight is 368 g/mol. The molecule has 0 saturated carbocycles. The van der Waals surface area contributed by atoms with Gasteiger partial charge in [0, 0.05) is 17.9 Å². The summed E-state index contributed by atoms with van der Waals surface area (Å²) in [5.41, 5.74) is 2.11. The maximum Gasteiger partial charge on any atom is 0.264 e. The number of Topliss-reactive ketones (excluding diaryl/α,β-unsaturated/α-hetero) is 1. The van der Waals surface area contributed by atoms with E-state index in [2.05, 4.69) is 4.72 Å². The van der Waals surface area contributed by atoms with Gasteiger partial charge in [0.2, 0.25) is 0 Å². The van der Waals surface area contributed by atoms with E-state index in [1.165, 1.54) is 6.07 Å². The van der Waals surface area contributed by atoms with Crippen LogP contribution in [0.1, 0.15) is 23.1 Å². The van der Waals surface area contributed by atoms with Gasteiger partial charge in [-0.25, -0.2) is 12.8 Å². The first kappa shape index (κ1) is 16.9. The highest BCUT2D eigenvalue weighted by molar-refractivity contribution is 7.92. The Morgan fingerprint density at radius 3 is 2.67 bits per heavy atom. The van der Waals surface area contributed by atoms with E-state index in [1.54, 1.807) is 25.1 Å². The number of benzene rings is 2. The molecule has 1 N–H and O–H groups in total. The minimum Gasteiger partial charge on any atom is -0.299 e. The SMILES string of the molecule is Cc1c(Cl)cccc1NS(=O)(=O)c1cc2c(cc1F)CC(=O)CC2. The monoisotopic (exact) mass is 367 g/mol. The molecule has 4 nitrogen and oxygen atoms in total. The number of ketones is 1. The molecular formula is C17H15ClFNO3S. The van der Waals surface area contributed by atoms with Gasteiger partial charge >= 0.3 is 0 Å². The number of sulfonamides is 1. The van der Waals surface area contributed by atoms with Crippen LogP contribution in [0.2, 0.25) is 5.02 Å². The molecule has 0 aromatic heterocycles. The average Bonchev–Trinajstić information content (AvgIpc) is 2.50. The van der Waals surface area contributed by atoms with Crippen molar-refractivity contribution < 1.29 is 17.6 Å². The number of nitrogens with one attached hydrogen (secondary N) is 1. The Labute approximate surface area is 144 Å². The van der Waals surface area contributed by atoms with E-state index in [1.807, 2.05) is 0 Å². The van der Waals surface area contributed by atoms with Crippen molar-refractivity contribution in [2.45, 2.75) is 31.1 Å². The van der Waals surface area contributed by atoms with Gasteiger partial charge in [-0.15, -0.1) is 0 Å². The van der Waals surface area contributed by atoms with Gasteiger partial charge in [-0.3, -0.25) is 9.52 Å². The first-order chi connectivity index (χ1) is 11.3. The van der Waals surface area contributed by atoms with E-state index in [9.17, 15) is 17.6 Å². The molecular weight excluding hydrogens is 353 g/mol. The molecule has 0 radical (unpaired) electrons. The molecule has 2 aromatic rings. The molecule has 1 aliphatic rings. The van der Waals surface area contributed by atoms with E-state index in [0.717, 1.165) is 6.07 Å². The summed E-state index contributed by atoms with van der Waals surface area (Å²) in [6.45, 7) is 1.68. The Balaban J connectivity index is 2.01. The van der Waals surface area contributed by atoms with Crippen molar-refractivity contribution in [3.05, 3.63) is 57.9 Å². The summed E-state index contributed by atoms with van der Waals surface area (Å²) in [5, 5.41) is 0.416. The number of hydrogen-bond donors (Lipinski definition) is 1. The zero-order chi connectivity index (χ0) is 17.5. The predicted octanol–water partition coefficient (Wildman–Crippen LogP) is 3.65. The van der Waals surface area contributed by atoms with Crippen molar-refractivity contribution >= 4 is 33.1 Å². The number of anilines is 1. The summed E-state index contributed by atoms with van der Waals surface area (Å²) in [7, 11) is -4.10. The first-order valence-electron chi connectivity index (χ1n) is 7.39. The van der Waals surface area contributed by atoms with Gasteiger partial charge in [-0.2, -0.15) is 0 Å². The van der Waals surface area contributed by atoms with Crippen molar-refractivity contribution in [2.24, 2.45) is 0 Å². The van der Waals surface area contributed by atoms with Crippen LogP contribution in [-0.4, -0.2) is 14.2 Å². The lowest BCUT2D eigenvalue weighted by Gasteiger charge is -2.18. The molecule has 0 aliphatic heterocycles. The second kappa shape index (κ2) is 6.18. The number of rotatable bonds is 3. The molecule has 7 heteroatoms. The van der Waals surface area contributed by atoms with E-state index in [0.29, 0.717) is 40.2 Å². The van der Waals surface area contributed by atoms with Gasteiger partial charge in [-0.05, 0) is 54.3 Å². The highest BCUT2D eigenvalue weighted by Crippen LogP contribution is 2.29. The molecule has 3 rings (SSSR count). The van der Waals surface area contributed by atoms with Crippen molar-refractivity contribution in [1.82, 2.24) is 0 Å². The Morgan fingerprint density at radius 1 is 1.17 bits per heavy atom. The van der Waals surface area contributed by atoms with Crippen LogP contribution in [0.5, 0.6) is 0 Å². The molecule has 0 fully saturated rings. The third-order valence-electron chi connectivity index (χ3n) is 4.12. The van der Waals surface area contributed by atoms with Gasteiger partial charge in [0.05, 0.1) is 5.69 Å². The van der Waals surface area contributed by atoms with Crippen LogP contribution >= 0.6 is 11.6 Å². The quantitative estimate of drug-likeness (QED) is 0.900. The second-order valence-electron chi connectivity index (χ2n) is 5.78. The summed E-state index contributed by atoms with van der Waals surface area (Å²) in [6.07, 6.45) is 0.916. The molecule has 2 aromatic carbocycles. The highest BCUT2D eigenvalue weighted by Gasteiger charge is 2.25. The molecule has 0 heterocycles. The molecule has 0 amide bonds. The maximum absolute atomic E-state index is 14.3.